The van der Waals surface area contributed by atoms with Gasteiger partial charge in [-0.15, -0.1) is 0 Å². The molecule has 0 aromatic carbocycles. The van der Waals surface area contributed by atoms with Crippen LogP contribution in [0.5, 0.6) is 0 Å². The van der Waals surface area contributed by atoms with Gasteiger partial charge in [0, 0.05) is 18.0 Å². The maximum atomic E-state index is 12.5. The van der Waals surface area contributed by atoms with E-state index in [9.17, 15) is 8.78 Å². The summed E-state index contributed by atoms with van der Waals surface area (Å²) < 4.78 is 25.1. The van der Waals surface area contributed by atoms with Crippen molar-refractivity contribution in [2.75, 3.05) is 30.3 Å². The molecule has 0 atom stereocenters. The van der Waals surface area contributed by atoms with Gasteiger partial charge in [0.2, 0.25) is 0 Å². The van der Waals surface area contributed by atoms with Crippen LogP contribution in [0, 0.1) is 0 Å². The number of nitrogens with zero attached hydrogens (tertiary/aromatic N) is 3. The first-order valence-electron chi connectivity index (χ1n) is 6.03. The second kappa shape index (κ2) is 6.10. The summed E-state index contributed by atoms with van der Waals surface area (Å²) in [6.45, 7) is 5.07. The van der Waals surface area contributed by atoms with Gasteiger partial charge in [-0.25, -0.2) is 18.7 Å². The van der Waals surface area contributed by atoms with Crippen LogP contribution >= 0.6 is 0 Å². The molecular weight excluding hydrogens is 254 g/mol. The Kier molecular flexibility index (Phi) is 4.99. The Hall–Kier alpha value is -1.50. The number of hydrogen-bond acceptors (Lipinski definition) is 5. The number of halogens is 2. The van der Waals surface area contributed by atoms with E-state index >= 15 is 0 Å². The van der Waals surface area contributed by atoms with Crippen LogP contribution in [0.2, 0.25) is 0 Å². The Balaban J connectivity index is 3.12. The molecule has 0 aliphatic heterocycles. The highest BCUT2D eigenvalue weighted by Gasteiger charge is 2.21. The van der Waals surface area contributed by atoms with Crippen LogP contribution in [0.4, 0.5) is 20.4 Å². The van der Waals surface area contributed by atoms with Gasteiger partial charge in [-0.2, -0.15) is 0 Å². The van der Waals surface area contributed by atoms with Crippen molar-refractivity contribution in [3.05, 3.63) is 11.9 Å². The molecule has 1 aromatic rings. The Bertz CT molecular complexity index is 421. The van der Waals surface area contributed by atoms with Crippen molar-refractivity contribution in [2.24, 2.45) is 0 Å². The van der Waals surface area contributed by atoms with E-state index in [1.807, 2.05) is 20.8 Å². The van der Waals surface area contributed by atoms with Gasteiger partial charge in [0.15, 0.2) is 0 Å². The molecule has 1 rings (SSSR count). The van der Waals surface area contributed by atoms with E-state index in [2.05, 4.69) is 9.97 Å². The fourth-order valence-corrected chi connectivity index (χ4v) is 1.54. The molecule has 0 radical (unpaired) electrons. The molecule has 0 fully saturated rings. The lowest BCUT2D eigenvalue weighted by Crippen LogP contribution is -2.33. The van der Waals surface area contributed by atoms with Crippen molar-refractivity contribution in [3.63, 3.8) is 0 Å². The van der Waals surface area contributed by atoms with Crippen LogP contribution < -0.4 is 10.6 Å². The Morgan fingerprint density at radius 3 is 2.47 bits per heavy atom. The lowest BCUT2D eigenvalue weighted by molar-refractivity contribution is 0.152. The van der Waals surface area contributed by atoms with Crippen molar-refractivity contribution in [2.45, 2.75) is 32.6 Å². The predicted octanol–water partition coefficient (Wildman–Crippen LogP) is 1.42. The fourth-order valence-electron chi connectivity index (χ4n) is 1.54. The zero-order valence-corrected chi connectivity index (χ0v) is 11.4. The minimum absolute atomic E-state index is 0.0738. The number of nitrogen functional groups attached to an aromatic ring is 1. The van der Waals surface area contributed by atoms with E-state index in [4.69, 9.17) is 10.8 Å². The van der Waals surface area contributed by atoms with Crippen LogP contribution in [0.15, 0.2) is 6.07 Å². The van der Waals surface area contributed by atoms with E-state index < -0.39 is 13.0 Å². The largest absolute Gasteiger partial charge is 0.395 e. The Labute approximate surface area is 111 Å². The molecule has 7 heteroatoms. The molecule has 0 saturated heterocycles. The highest BCUT2D eigenvalue weighted by molar-refractivity contribution is 5.47. The van der Waals surface area contributed by atoms with Crippen molar-refractivity contribution in [3.8, 4) is 0 Å². The summed E-state index contributed by atoms with van der Waals surface area (Å²) in [6, 6.07) is 1.44. The highest BCUT2D eigenvalue weighted by Crippen LogP contribution is 2.23. The van der Waals surface area contributed by atoms with Crippen LogP contribution in [0.1, 0.15) is 26.6 Å². The number of aliphatic hydroxyl groups excluding tert-OH is 1. The lowest BCUT2D eigenvalue weighted by atomic mass is 9.96. The smallest absolute Gasteiger partial charge is 0.255 e. The molecule has 0 amide bonds. The van der Waals surface area contributed by atoms with Crippen molar-refractivity contribution in [1.29, 1.82) is 0 Å². The van der Waals surface area contributed by atoms with Crippen LogP contribution in [0.3, 0.4) is 0 Å². The maximum Gasteiger partial charge on any atom is 0.255 e. The maximum absolute atomic E-state index is 12.5. The van der Waals surface area contributed by atoms with E-state index in [-0.39, 0.29) is 24.4 Å². The first kappa shape index (κ1) is 15.6. The third kappa shape index (κ3) is 4.59. The number of alkyl halides is 2. The molecular formula is C12H20F2N4O. The molecule has 0 aliphatic carbocycles. The average Bonchev–Trinajstić information content (AvgIpc) is 2.26. The molecule has 1 heterocycles. The van der Waals surface area contributed by atoms with Gasteiger partial charge in [0.25, 0.3) is 6.43 Å². The Morgan fingerprint density at radius 2 is 2.00 bits per heavy atom. The molecule has 108 valence electrons. The molecule has 5 nitrogen and oxygen atoms in total. The van der Waals surface area contributed by atoms with Crippen molar-refractivity contribution >= 4 is 11.6 Å². The van der Waals surface area contributed by atoms with E-state index in [0.717, 1.165) is 0 Å². The summed E-state index contributed by atoms with van der Waals surface area (Å²) in [6.07, 6.45) is -2.51. The van der Waals surface area contributed by atoms with Gasteiger partial charge in [0.1, 0.15) is 17.5 Å². The molecule has 0 bridgehead atoms. The summed E-state index contributed by atoms with van der Waals surface area (Å²) in [7, 11) is 0. The van der Waals surface area contributed by atoms with Gasteiger partial charge in [-0.3, -0.25) is 0 Å². The van der Waals surface area contributed by atoms with Crippen molar-refractivity contribution in [1.82, 2.24) is 9.97 Å². The van der Waals surface area contributed by atoms with Crippen molar-refractivity contribution < 1.29 is 13.9 Å². The minimum atomic E-state index is -2.51. The quantitative estimate of drug-likeness (QED) is 0.849. The molecule has 3 N–H and O–H groups in total. The number of anilines is 2. The molecule has 19 heavy (non-hydrogen) atoms. The number of nitrogens with two attached hydrogens (primary N) is 1. The van der Waals surface area contributed by atoms with E-state index in [1.54, 1.807) is 0 Å². The summed E-state index contributed by atoms with van der Waals surface area (Å²) in [5, 5.41) is 8.95. The third-order valence-corrected chi connectivity index (χ3v) is 2.46. The molecule has 1 aromatic heterocycles. The standard InChI is InChI=1S/C12H20F2N4O/c1-12(2,3)11-16-9(15)6-10(17-11)18(4-5-19)7-8(13)14/h6,8,19H,4-5,7H2,1-3H3,(H2,15,16,17). The first-order chi connectivity index (χ1) is 8.74. The first-order valence-corrected chi connectivity index (χ1v) is 6.03. The summed E-state index contributed by atoms with van der Waals surface area (Å²) >= 11 is 0. The van der Waals surface area contributed by atoms with Crippen LogP contribution in [0.25, 0.3) is 0 Å². The monoisotopic (exact) mass is 274 g/mol. The molecule has 0 spiro atoms. The van der Waals surface area contributed by atoms with E-state index in [1.165, 1.54) is 11.0 Å². The SMILES string of the molecule is CC(C)(C)c1nc(N)cc(N(CCO)CC(F)F)n1. The van der Waals surface area contributed by atoms with Gasteiger partial charge in [0.05, 0.1) is 13.2 Å². The number of aliphatic hydroxyl groups is 1. The third-order valence-electron chi connectivity index (χ3n) is 2.46. The van der Waals surface area contributed by atoms with Gasteiger partial charge in [-0.1, -0.05) is 20.8 Å². The average molecular weight is 274 g/mol. The predicted molar refractivity (Wildman–Crippen MR) is 70.4 cm³/mol. The molecule has 0 aliphatic rings. The number of hydrogen-bond donors (Lipinski definition) is 2. The van der Waals surface area contributed by atoms with Gasteiger partial charge in [-0.05, 0) is 0 Å². The zero-order chi connectivity index (χ0) is 14.6. The van der Waals surface area contributed by atoms with E-state index in [0.29, 0.717) is 11.6 Å². The number of rotatable bonds is 5. The zero-order valence-electron chi connectivity index (χ0n) is 11.4. The van der Waals surface area contributed by atoms with Gasteiger partial charge >= 0.3 is 0 Å². The summed E-state index contributed by atoms with van der Waals surface area (Å²) in [4.78, 5) is 9.69. The van der Waals surface area contributed by atoms with Crippen LogP contribution in [-0.2, 0) is 5.41 Å². The lowest BCUT2D eigenvalue weighted by Gasteiger charge is -2.25. The van der Waals surface area contributed by atoms with Gasteiger partial charge < -0.3 is 15.7 Å². The fraction of sp³-hybridized carbons (Fsp3) is 0.667. The molecule has 0 saturated carbocycles. The second-order valence-corrected chi connectivity index (χ2v) is 5.29. The normalized spacial score (nSPS) is 11.9. The molecule has 0 unspecified atom stereocenters. The Morgan fingerprint density at radius 1 is 1.37 bits per heavy atom. The number of aromatic nitrogens is 2. The minimum Gasteiger partial charge on any atom is -0.395 e. The summed E-state index contributed by atoms with van der Waals surface area (Å²) in [5.74, 6) is 1.03. The van der Waals surface area contributed by atoms with Crippen LogP contribution in [-0.4, -0.2) is 41.2 Å². The highest BCUT2D eigenvalue weighted by atomic mass is 19.3. The summed E-state index contributed by atoms with van der Waals surface area (Å²) in [5.41, 5.74) is 5.36. The second-order valence-electron chi connectivity index (χ2n) is 5.29. The topological polar surface area (TPSA) is 75.3 Å².